The molecular weight excluding hydrogens is 325 g/mol. The van der Waals surface area contributed by atoms with Crippen molar-refractivity contribution in [2.45, 2.75) is 24.9 Å². The second kappa shape index (κ2) is 6.17. The summed E-state index contributed by atoms with van der Waals surface area (Å²) in [5, 5.41) is 6.69. The molecule has 1 aliphatic heterocycles. The maximum atomic E-state index is 12.7. The van der Waals surface area contributed by atoms with Gasteiger partial charge in [0.25, 0.3) is 0 Å². The van der Waals surface area contributed by atoms with Crippen molar-refractivity contribution in [2.24, 2.45) is 7.05 Å². The number of rotatable bonds is 2. The van der Waals surface area contributed by atoms with Crippen LogP contribution in [0.3, 0.4) is 0 Å². The fourth-order valence-corrected chi connectivity index (χ4v) is 2.76. The van der Waals surface area contributed by atoms with E-state index in [1.165, 1.54) is 6.20 Å². The van der Waals surface area contributed by atoms with E-state index < -0.39 is 11.9 Å². The number of anilines is 1. The van der Waals surface area contributed by atoms with Gasteiger partial charge in [0.2, 0.25) is 0 Å². The van der Waals surface area contributed by atoms with E-state index in [1.807, 2.05) is 0 Å². The number of aromatic amines is 1. The van der Waals surface area contributed by atoms with Crippen LogP contribution in [0.1, 0.15) is 30.3 Å². The molecule has 130 valence electrons. The predicted octanol–water partition coefficient (Wildman–Crippen LogP) is 2.57. The Morgan fingerprint density at radius 3 is 2.83 bits per heavy atom. The monoisotopic (exact) mass is 342 g/mol. The highest BCUT2D eigenvalue weighted by Gasteiger charge is 2.34. The third-order valence-corrected chi connectivity index (χ3v) is 3.95. The third kappa shape index (κ3) is 3.52. The number of likely N-dealkylation sites (tertiary alicyclic amines) is 1. The van der Waals surface area contributed by atoms with Gasteiger partial charge in [-0.3, -0.25) is 4.68 Å². The molecule has 1 aliphatic rings. The molecule has 1 saturated heterocycles. The van der Waals surface area contributed by atoms with Gasteiger partial charge in [0.05, 0.1) is 18.1 Å². The second-order valence-electron chi connectivity index (χ2n) is 5.80. The van der Waals surface area contributed by atoms with E-state index in [0.29, 0.717) is 31.6 Å². The standard InChI is InChI=1S/C14H17F3N6O/c1-22-8-10(5-19-22)20-13(24)23-4-2-3-9(7-23)12-18-6-11(21-12)14(15,16)17/h5-6,8-9H,2-4,7H2,1H3,(H,18,21)(H,20,24). The number of nitrogens with zero attached hydrogens (tertiary/aromatic N) is 4. The smallest absolute Gasteiger partial charge is 0.338 e. The van der Waals surface area contributed by atoms with E-state index >= 15 is 0 Å². The average molecular weight is 342 g/mol. The Balaban J connectivity index is 1.65. The van der Waals surface area contributed by atoms with Crippen LogP contribution in [0.4, 0.5) is 23.7 Å². The van der Waals surface area contributed by atoms with E-state index in [0.717, 1.165) is 6.20 Å². The highest BCUT2D eigenvalue weighted by molar-refractivity contribution is 5.89. The first-order chi connectivity index (χ1) is 11.3. The van der Waals surface area contributed by atoms with Crippen LogP contribution in [0.5, 0.6) is 0 Å². The van der Waals surface area contributed by atoms with Gasteiger partial charge in [0, 0.05) is 32.3 Å². The van der Waals surface area contributed by atoms with Gasteiger partial charge in [-0.1, -0.05) is 0 Å². The number of alkyl halides is 3. The summed E-state index contributed by atoms with van der Waals surface area (Å²) in [6, 6.07) is -0.296. The quantitative estimate of drug-likeness (QED) is 0.880. The Labute approximate surface area is 135 Å². The van der Waals surface area contributed by atoms with Crippen molar-refractivity contribution < 1.29 is 18.0 Å². The van der Waals surface area contributed by atoms with Crippen molar-refractivity contribution in [3.63, 3.8) is 0 Å². The van der Waals surface area contributed by atoms with Gasteiger partial charge in [0.15, 0.2) is 0 Å². The minimum atomic E-state index is -4.45. The van der Waals surface area contributed by atoms with Crippen LogP contribution >= 0.6 is 0 Å². The number of halogens is 3. The number of hydrogen-bond acceptors (Lipinski definition) is 3. The summed E-state index contributed by atoms with van der Waals surface area (Å²) in [7, 11) is 1.74. The summed E-state index contributed by atoms with van der Waals surface area (Å²) in [5.41, 5.74) is -0.295. The number of aryl methyl sites for hydroxylation is 1. The van der Waals surface area contributed by atoms with Crippen LogP contribution in [-0.4, -0.2) is 43.8 Å². The molecule has 2 amide bonds. The van der Waals surface area contributed by atoms with Crippen molar-refractivity contribution in [3.8, 4) is 0 Å². The van der Waals surface area contributed by atoms with Gasteiger partial charge in [-0.15, -0.1) is 0 Å². The van der Waals surface area contributed by atoms with Crippen LogP contribution in [0.25, 0.3) is 0 Å². The summed E-state index contributed by atoms with van der Waals surface area (Å²) in [6.45, 7) is 0.867. The first kappa shape index (κ1) is 16.3. The summed E-state index contributed by atoms with van der Waals surface area (Å²) >= 11 is 0. The minimum Gasteiger partial charge on any atom is -0.338 e. The number of piperidine rings is 1. The number of H-pyrrole nitrogens is 1. The molecule has 2 N–H and O–H groups in total. The van der Waals surface area contributed by atoms with Crippen LogP contribution in [0, 0.1) is 0 Å². The Hall–Kier alpha value is -2.52. The molecule has 1 unspecified atom stereocenters. The summed E-state index contributed by atoms with van der Waals surface area (Å²) in [6.07, 6.45) is 0.929. The molecule has 2 aromatic heterocycles. The fourth-order valence-electron chi connectivity index (χ4n) is 2.76. The Morgan fingerprint density at radius 2 is 2.21 bits per heavy atom. The summed E-state index contributed by atoms with van der Waals surface area (Å²) in [5.74, 6) is 0.0238. The van der Waals surface area contributed by atoms with Gasteiger partial charge in [0.1, 0.15) is 11.5 Å². The summed E-state index contributed by atoms with van der Waals surface area (Å²) < 4.78 is 39.6. The van der Waals surface area contributed by atoms with Crippen LogP contribution < -0.4 is 5.32 Å². The van der Waals surface area contributed by atoms with Crippen LogP contribution in [0.15, 0.2) is 18.6 Å². The lowest BCUT2D eigenvalue weighted by Crippen LogP contribution is -2.41. The molecule has 1 atom stereocenters. The summed E-state index contributed by atoms with van der Waals surface area (Å²) in [4.78, 5) is 20.0. The third-order valence-electron chi connectivity index (χ3n) is 3.95. The minimum absolute atomic E-state index is 0.241. The van der Waals surface area contributed by atoms with Crippen molar-refractivity contribution in [2.75, 3.05) is 18.4 Å². The normalized spacial score (nSPS) is 18.7. The number of amides is 2. The van der Waals surface area contributed by atoms with Crippen molar-refractivity contribution in [1.29, 1.82) is 0 Å². The van der Waals surface area contributed by atoms with Gasteiger partial charge in [-0.2, -0.15) is 18.3 Å². The molecule has 3 rings (SSSR count). The van der Waals surface area contributed by atoms with Crippen molar-refractivity contribution in [1.82, 2.24) is 24.6 Å². The lowest BCUT2D eigenvalue weighted by molar-refractivity contribution is -0.141. The number of carbonyl (C=O) groups is 1. The first-order valence-corrected chi connectivity index (χ1v) is 7.49. The van der Waals surface area contributed by atoms with Crippen LogP contribution in [0.2, 0.25) is 0 Å². The molecule has 1 fully saturated rings. The molecular formula is C14H17F3N6O. The molecule has 0 aliphatic carbocycles. The molecule has 0 radical (unpaired) electrons. The molecule has 0 aromatic carbocycles. The molecule has 2 aromatic rings. The van der Waals surface area contributed by atoms with Gasteiger partial charge in [-0.05, 0) is 12.8 Å². The van der Waals surface area contributed by atoms with Crippen molar-refractivity contribution >= 4 is 11.7 Å². The Morgan fingerprint density at radius 1 is 1.42 bits per heavy atom. The lowest BCUT2D eigenvalue weighted by Gasteiger charge is -2.31. The predicted molar refractivity (Wildman–Crippen MR) is 79.4 cm³/mol. The number of aromatic nitrogens is 4. The number of imidazole rings is 1. The topological polar surface area (TPSA) is 78.8 Å². The molecule has 0 spiro atoms. The largest absolute Gasteiger partial charge is 0.432 e. The Kier molecular flexibility index (Phi) is 4.20. The number of hydrogen-bond donors (Lipinski definition) is 2. The number of nitrogens with one attached hydrogen (secondary N) is 2. The zero-order valence-electron chi connectivity index (χ0n) is 13.0. The van der Waals surface area contributed by atoms with E-state index in [4.69, 9.17) is 0 Å². The van der Waals surface area contributed by atoms with Gasteiger partial charge < -0.3 is 15.2 Å². The average Bonchev–Trinajstić information content (AvgIpc) is 3.16. The zero-order chi connectivity index (χ0) is 17.3. The SMILES string of the molecule is Cn1cc(NC(=O)N2CCCC(c3ncc(C(F)(F)F)[nH]3)C2)cn1. The van der Waals surface area contributed by atoms with E-state index in [-0.39, 0.29) is 17.8 Å². The molecule has 0 saturated carbocycles. The second-order valence-corrected chi connectivity index (χ2v) is 5.80. The highest BCUT2D eigenvalue weighted by Crippen LogP contribution is 2.31. The van der Waals surface area contributed by atoms with Crippen molar-refractivity contribution in [3.05, 3.63) is 30.1 Å². The molecule has 24 heavy (non-hydrogen) atoms. The maximum absolute atomic E-state index is 12.7. The van der Waals surface area contributed by atoms with E-state index in [2.05, 4.69) is 20.4 Å². The zero-order valence-corrected chi connectivity index (χ0v) is 13.0. The highest BCUT2D eigenvalue weighted by atomic mass is 19.4. The van der Waals surface area contributed by atoms with E-state index in [9.17, 15) is 18.0 Å². The Bertz CT molecular complexity index is 722. The molecule has 3 heterocycles. The molecule has 7 nitrogen and oxygen atoms in total. The number of urea groups is 1. The van der Waals surface area contributed by atoms with Gasteiger partial charge in [-0.25, -0.2) is 9.78 Å². The molecule has 10 heteroatoms. The van der Waals surface area contributed by atoms with Gasteiger partial charge >= 0.3 is 12.2 Å². The van der Waals surface area contributed by atoms with Crippen LogP contribution in [-0.2, 0) is 13.2 Å². The number of carbonyl (C=O) groups excluding carboxylic acids is 1. The maximum Gasteiger partial charge on any atom is 0.432 e. The fraction of sp³-hybridized carbons (Fsp3) is 0.500. The first-order valence-electron chi connectivity index (χ1n) is 7.49. The van der Waals surface area contributed by atoms with E-state index in [1.54, 1.807) is 22.8 Å². The lowest BCUT2D eigenvalue weighted by atomic mass is 9.97. The molecule has 0 bridgehead atoms.